The van der Waals surface area contributed by atoms with E-state index in [1.54, 1.807) is 48.5 Å². The van der Waals surface area contributed by atoms with Gasteiger partial charge in [-0.15, -0.1) is 0 Å². The molecular weight excluding hydrogens is 737 g/mol. The third-order valence-corrected chi connectivity index (χ3v) is 10.9. The number of nitrogens with zero attached hydrogens (tertiary/aromatic N) is 2. The highest BCUT2D eigenvalue weighted by atomic mass is 19.1. The Morgan fingerprint density at radius 1 is 0.397 bits per heavy atom. The summed E-state index contributed by atoms with van der Waals surface area (Å²) in [6.45, 7) is 15.5. The Morgan fingerprint density at radius 3 is 0.914 bits per heavy atom. The summed E-state index contributed by atoms with van der Waals surface area (Å²) >= 11 is 0. The van der Waals surface area contributed by atoms with Crippen molar-refractivity contribution in [1.82, 2.24) is 0 Å². The molecule has 58 heavy (non-hydrogen) atoms. The Labute approximate surface area is 337 Å². The van der Waals surface area contributed by atoms with Gasteiger partial charge in [0.15, 0.2) is 0 Å². The Hall–Kier alpha value is -6.38. The van der Waals surface area contributed by atoms with Crippen LogP contribution in [0, 0.1) is 48.2 Å². The average molecular weight is 779 g/mol. The van der Waals surface area contributed by atoms with E-state index in [9.17, 15) is 17.6 Å². The molecule has 0 aromatic heterocycles. The standard InChI is InChI=1S/2C25H21F2NO/c2*1-28-24-11-2-17(12-24)16-29-25-14-20(18-3-7-22(26)8-4-18)13-21(15-25)19-5-9-23(27)10-6-19/h2*3-10,13-15,17,24H,2,11-12,16H2/t17-,24+;17-,24-/m00/s1. The lowest BCUT2D eigenvalue weighted by Gasteiger charge is -2.14. The number of hydrogen-bond acceptors (Lipinski definition) is 2. The maximum absolute atomic E-state index is 13.3. The van der Waals surface area contributed by atoms with Crippen LogP contribution < -0.4 is 9.47 Å². The van der Waals surface area contributed by atoms with Crippen LogP contribution >= 0.6 is 0 Å². The van der Waals surface area contributed by atoms with Crippen molar-refractivity contribution < 1.29 is 27.0 Å². The summed E-state index contributed by atoms with van der Waals surface area (Å²) < 4.78 is 65.6. The fraction of sp³-hybridized carbons (Fsp3) is 0.240. The molecule has 8 rings (SSSR count). The summed E-state index contributed by atoms with van der Waals surface area (Å²) in [5.74, 6) is 1.09. The molecular formula is C50H42F4N2O2. The van der Waals surface area contributed by atoms with Crippen molar-refractivity contribution in [3.63, 3.8) is 0 Å². The van der Waals surface area contributed by atoms with Crippen LogP contribution in [0.5, 0.6) is 11.5 Å². The van der Waals surface area contributed by atoms with E-state index in [0.717, 1.165) is 94.5 Å². The van der Waals surface area contributed by atoms with Crippen LogP contribution in [-0.2, 0) is 0 Å². The maximum atomic E-state index is 13.3. The number of rotatable bonds is 10. The molecule has 2 aliphatic rings. The number of halogens is 4. The van der Waals surface area contributed by atoms with E-state index in [1.807, 2.05) is 36.4 Å². The molecule has 4 atom stereocenters. The molecule has 0 unspecified atom stereocenters. The van der Waals surface area contributed by atoms with Gasteiger partial charge in [0.25, 0.3) is 0 Å². The number of benzene rings is 6. The molecule has 2 saturated carbocycles. The minimum absolute atomic E-state index is 0.115. The topological polar surface area (TPSA) is 27.2 Å². The van der Waals surface area contributed by atoms with E-state index < -0.39 is 0 Å². The van der Waals surface area contributed by atoms with Crippen LogP contribution in [0.1, 0.15) is 38.5 Å². The van der Waals surface area contributed by atoms with E-state index in [0.29, 0.717) is 25.0 Å². The third kappa shape index (κ3) is 10.5. The van der Waals surface area contributed by atoms with E-state index >= 15 is 0 Å². The van der Waals surface area contributed by atoms with Gasteiger partial charge in [0.1, 0.15) is 34.8 Å². The van der Waals surface area contributed by atoms with Crippen molar-refractivity contribution in [2.24, 2.45) is 11.8 Å². The highest BCUT2D eigenvalue weighted by molar-refractivity contribution is 5.76. The van der Waals surface area contributed by atoms with Crippen LogP contribution in [0.4, 0.5) is 17.6 Å². The minimum atomic E-state index is -0.282. The highest BCUT2D eigenvalue weighted by Gasteiger charge is 2.30. The molecule has 0 N–H and O–H groups in total. The Kier molecular flexibility index (Phi) is 12.9. The maximum Gasteiger partial charge on any atom is 0.224 e. The summed E-state index contributed by atoms with van der Waals surface area (Å²) in [5, 5.41) is 0. The summed E-state index contributed by atoms with van der Waals surface area (Å²) in [4.78, 5) is 7.30. The Morgan fingerprint density at radius 2 is 0.672 bits per heavy atom. The minimum Gasteiger partial charge on any atom is -0.493 e. The first-order valence-corrected chi connectivity index (χ1v) is 19.5. The molecule has 0 saturated heterocycles. The van der Waals surface area contributed by atoms with Crippen LogP contribution in [0.2, 0.25) is 0 Å². The van der Waals surface area contributed by atoms with Gasteiger partial charge in [0, 0.05) is 37.5 Å². The monoisotopic (exact) mass is 778 g/mol. The van der Waals surface area contributed by atoms with Crippen molar-refractivity contribution >= 4 is 0 Å². The quantitative estimate of drug-likeness (QED) is 0.102. The summed E-state index contributed by atoms with van der Waals surface area (Å²) in [5.41, 5.74) is 7.17. The molecule has 6 aromatic rings. The van der Waals surface area contributed by atoms with Gasteiger partial charge in [-0.05, 0) is 142 Å². The smallest absolute Gasteiger partial charge is 0.224 e. The molecule has 4 nitrogen and oxygen atoms in total. The van der Waals surface area contributed by atoms with Crippen LogP contribution in [0.25, 0.3) is 54.2 Å². The van der Waals surface area contributed by atoms with Gasteiger partial charge in [-0.1, -0.05) is 48.5 Å². The van der Waals surface area contributed by atoms with Gasteiger partial charge in [-0.25, -0.2) is 30.7 Å². The molecule has 6 aromatic carbocycles. The van der Waals surface area contributed by atoms with Gasteiger partial charge in [0.05, 0.1) is 13.2 Å². The first-order chi connectivity index (χ1) is 28.2. The van der Waals surface area contributed by atoms with Gasteiger partial charge >= 0.3 is 0 Å². The number of hydrogen-bond donors (Lipinski definition) is 0. The lowest BCUT2D eigenvalue weighted by atomic mass is 9.98. The first-order valence-electron chi connectivity index (χ1n) is 19.5. The number of ether oxygens (including phenoxy) is 2. The van der Waals surface area contributed by atoms with E-state index in [4.69, 9.17) is 22.6 Å². The molecule has 2 fully saturated rings. The van der Waals surface area contributed by atoms with Gasteiger partial charge in [-0.3, -0.25) is 0 Å². The normalized spacial score (nSPS) is 18.4. The predicted molar refractivity (Wildman–Crippen MR) is 221 cm³/mol. The van der Waals surface area contributed by atoms with Gasteiger partial charge in [0.2, 0.25) is 12.1 Å². The fourth-order valence-corrected chi connectivity index (χ4v) is 7.66. The van der Waals surface area contributed by atoms with Crippen molar-refractivity contribution in [1.29, 1.82) is 0 Å². The molecule has 0 aliphatic heterocycles. The lowest BCUT2D eigenvalue weighted by Crippen LogP contribution is -2.09. The summed E-state index contributed by atoms with van der Waals surface area (Å²) in [7, 11) is 0. The van der Waals surface area contributed by atoms with Gasteiger partial charge < -0.3 is 19.2 Å². The molecule has 0 heterocycles. The van der Waals surface area contributed by atoms with Crippen molar-refractivity contribution in [3.05, 3.63) is 180 Å². The first kappa shape index (κ1) is 39.8. The Balaban J connectivity index is 0.000000177. The van der Waals surface area contributed by atoms with Crippen molar-refractivity contribution in [3.8, 4) is 56.0 Å². The van der Waals surface area contributed by atoms with Crippen molar-refractivity contribution in [2.45, 2.75) is 50.6 Å². The van der Waals surface area contributed by atoms with Crippen LogP contribution in [-0.4, -0.2) is 25.3 Å². The van der Waals surface area contributed by atoms with Crippen molar-refractivity contribution in [2.75, 3.05) is 13.2 Å². The second kappa shape index (κ2) is 18.7. The Bertz CT molecular complexity index is 2090. The average Bonchev–Trinajstić information content (AvgIpc) is 3.93. The van der Waals surface area contributed by atoms with Gasteiger partial charge in [-0.2, -0.15) is 0 Å². The SMILES string of the molecule is [C-]#[N+][C@@H]1CC[C@H](COc2cc(-c3ccc(F)cc3)cc(-c3ccc(F)cc3)c2)C1.[C-]#[N+][C@H]1CC[C@H](COc2cc(-c3ccc(F)cc3)cc(-c3ccc(F)cc3)c2)C1. The van der Waals surface area contributed by atoms with E-state index in [2.05, 4.69) is 9.69 Å². The largest absolute Gasteiger partial charge is 0.493 e. The summed E-state index contributed by atoms with van der Waals surface area (Å²) in [6.07, 6.45) is 5.66. The van der Waals surface area contributed by atoms with Crippen LogP contribution in [0.15, 0.2) is 133 Å². The second-order valence-corrected chi connectivity index (χ2v) is 15.1. The summed E-state index contributed by atoms with van der Waals surface area (Å²) in [6, 6.07) is 37.4. The highest BCUT2D eigenvalue weighted by Crippen LogP contribution is 2.36. The molecule has 0 radical (unpaired) electrons. The second-order valence-electron chi connectivity index (χ2n) is 15.1. The van der Waals surface area contributed by atoms with E-state index in [-0.39, 0.29) is 35.4 Å². The molecule has 0 amide bonds. The predicted octanol–water partition coefficient (Wildman–Crippen LogP) is 13.5. The zero-order chi connectivity index (χ0) is 40.4. The fourth-order valence-electron chi connectivity index (χ4n) is 7.66. The lowest BCUT2D eigenvalue weighted by molar-refractivity contribution is 0.252. The van der Waals surface area contributed by atoms with E-state index in [1.165, 1.54) is 48.5 Å². The van der Waals surface area contributed by atoms with Crippen LogP contribution in [0.3, 0.4) is 0 Å². The zero-order valence-electron chi connectivity index (χ0n) is 31.9. The molecule has 0 bridgehead atoms. The molecule has 292 valence electrons. The molecule has 8 heteroatoms. The molecule has 2 aliphatic carbocycles. The third-order valence-electron chi connectivity index (χ3n) is 10.9. The zero-order valence-corrected chi connectivity index (χ0v) is 31.9. The molecule has 0 spiro atoms.